The lowest BCUT2D eigenvalue weighted by atomic mass is 10.1. The van der Waals surface area contributed by atoms with Crippen molar-refractivity contribution >= 4 is 23.0 Å². The van der Waals surface area contributed by atoms with Gasteiger partial charge in [0.2, 0.25) is 0 Å². The number of hydrogen-bond acceptors (Lipinski definition) is 2. The molecule has 0 aromatic heterocycles. The summed E-state index contributed by atoms with van der Waals surface area (Å²) >= 11 is 5.16. The summed E-state index contributed by atoms with van der Waals surface area (Å²) in [6.07, 6.45) is -4.32. The third-order valence-corrected chi connectivity index (χ3v) is 3.31. The first kappa shape index (κ1) is 17.1. The maximum Gasteiger partial charge on any atom is 0.416 e. The number of thiocarbonyl (C=S) groups is 1. The second-order valence-electron chi connectivity index (χ2n) is 4.73. The van der Waals surface area contributed by atoms with E-state index < -0.39 is 11.7 Å². The first-order chi connectivity index (χ1) is 10.9. The third-order valence-electron chi connectivity index (χ3n) is 3.06. The molecule has 0 heterocycles. The molecule has 3 nitrogen and oxygen atoms in total. The highest BCUT2D eigenvalue weighted by molar-refractivity contribution is 7.80. The molecule has 0 aliphatic heterocycles. The minimum atomic E-state index is -4.32. The average Bonchev–Trinajstić information content (AvgIpc) is 2.52. The van der Waals surface area contributed by atoms with E-state index in [2.05, 4.69) is 10.6 Å². The summed E-state index contributed by atoms with van der Waals surface area (Å²) in [5, 5.41) is 6.30. The standard InChI is InChI=1S/C16H15F3N2OS/c1-22-14-4-2-3-13(9-14)21-15(23)20-10-11-5-7-12(8-6-11)16(17,18)19/h2-9H,10H2,1H3,(H2,20,21,23). The number of benzene rings is 2. The number of halogens is 3. The molecule has 0 aliphatic rings. The molecule has 2 rings (SSSR count). The van der Waals surface area contributed by atoms with E-state index in [1.165, 1.54) is 12.1 Å². The lowest BCUT2D eigenvalue weighted by Crippen LogP contribution is -2.27. The highest BCUT2D eigenvalue weighted by Crippen LogP contribution is 2.29. The lowest BCUT2D eigenvalue weighted by molar-refractivity contribution is -0.137. The average molecular weight is 340 g/mol. The summed E-state index contributed by atoms with van der Waals surface area (Å²) in [7, 11) is 1.57. The van der Waals surface area contributed by atoms with Crippen molar-refractivity contribution in [3.8, 4) is 5.75 Å². The molecule has 0 unspecified atom stereocenters. The van der Waals surface area contributed by atoms with Crippen LogP contribution >= 0.6 is 12.2 Å². The van der Waals surface area contributed by atoms with Crippen molar-refractivity contribution < 1.29 is 17.9 Å². The van der Waals surface area contributed by atoms with E-state index in [0.717, 1.165) is 17.8 Å². The van der Waals surface area contributed by atoms with Crippen molar-refractivity contribution in [2.24, 2.45) is 0 Å². The van der Waals surface area contributed by atoms with Crippen LogP contribution in [0.1, 0.15) is 11.1 Å². The van der Waals surface area contributed by atoms with E-state index in [4.69, 9.17) is 17.0 Å². The second-order valence-corrected chi connectivity index (χ2v) is 5.14. The van der Waals surface area contributed by atoms with Crippen molar-refractivity contribution in [1.82, 2.24) is 5.32 Å². The van der Waals surface area contributed by atoms with Gasteiger partial charge in [0.25, 0.3) is 0 Å². The van der Waals surface area contributed by atoms with Crippen LogP contribution in [-0.2, 0) is 12.7 Å². The van der Waals surface area contributed by atoms with Gasteiger partial charge < -0.3 is 15.4 Å². The van der Waals surface area contributed by atoms with Crippen molar-refractivity contribution in [2.75, 3.05) is 12.4 Å². The van der Waals surface area contributed by atoms with Gasteiger partial charge in [0.1, 0.15) is 5.75 Å². The van der Waals surface area contributed by atoms with E-state index in [9.17, 15) is 13.2 Å². The quantitative estimate of drug-likeness (QED) is 0.818. The topological polar surface area (TPSA) is 33.3 Å². The molecule has 0 spiro atoms. The first-order valence-electron chi connectivity index (χ1n) is 6.73. The Morgan fingerprint density at radius 1 is 1.13 bits per heavy atom. The fourth-order valence-electron chi connectivity index (χ4n) is 1.87. The minimum absolute atomic E-state index is 0.327. The van der Waals surface area contributed by atoms with Crippen LogP contribution in [0.2, 0.25) is 0 Å². The Balaban J connectivity index is 1.89. The molecule has 0 fully saturated rings. The molecular formula is C16H15F3N2OS. The Bertz CT molecular complexity index is 672. The Kier molecular flexibility index (Phi) is 5.44. The van der Waals surface area contributed by atoms with Crippen LogP contribution in [0.3, 0.4) is 0 Å². The molecule has 7 heteroatoms. The molecule has 23 heavy (non-hydrogen) atoms. The van der Waals surface area contributed by atoms with Crippen LogP contribution < -0.4 is 15.4 Å². The maximum absolute atomic E-state index is 12.5. The normalized spacial score (nSPS) is 11.0. The summed E-state index contributed by atoms with van der Waals surface area (Å²) in [6, 6.07) is 12.2. The summed E-state index contributed by atoms with van der Waals surface area (Å²) in [6.45, 7) is 0.327. The van der Waals surface area contributed by atoms with Gasteiger partial charge >= 0.3 is 6.18 Å². The van der Waals surface area contributed by atoms with Gasteiger partial charge in [0.05, 0.1) is 12.7 Å². The summed E-state index contributed by atoms with van der Waals surface area (Å²) < 4.78 is 42.6. The highest BCUT2D eigenvalue weighted by Gasteiger charge is 2.29. The molecular weight excluding hydrogens is 325 g/mol. The predicted molar refractivity (Wildman–Crippen MR) is 87.5 cm³/mol. The van der Waals surface area contributed by atoms with E-state index in [1.54, 1.807) is 13.2 Å². The molecule has 0 bridgehead atoms. The van der Waals surface area contributed by atoms with Crippen LogP contribution in [0.5, 0.6) is 5.75 Å². The van der Waals surface area contributed by atoms with Gasteiger partial charge in [-0.1, -0.05) is 18.2 Å². The largest absolute Gasteiger partial charge is 0.497 e. The summed E-state index contributed by atoms with van der Waals surface area (Å²) in [5.41, 5.74) is 0.792. The number of nitrogens with one attached hydrogen (secondary N) is 2. The molecule has 0 amide bonds. The van der Waals surface area contributed by atoms with Crippen molar-refractivity contribution in [2.45, 2.75) is 12.7 Å². The fraction of sp³-hybridized carbons (Fsp3) is 0.188. The molecule has 2 N–H and O–H groups in total. The number of methoxy groups -OCH3 is 1. The van der Waals surface area contributed by atoms with Gasteiger partial charge in [-0.25, -0.2) is 0 Å². The first-order valence-corrected chi connectivity index (χ1v) is 7.14. The molecule has 2 aromatic rings. The van der Waals surface area contributed by atoms with Crippen molar-refractivity contribution in [1.29, 1.82) is 0 Å². The number of hydrogen-bond donors (Lipinski definition) is 2. The lowest BCUT2D eigenvalue weighted by Gasteiger charge is -2.12. The Morgan fingerprint density at radius 3 is 2.43 bits per heavy atom. The van der Waals surface area contributed by atoms with Crippen molar-refractivity contribution in [3.05, 3.63) is 59.7 Å². The van der Waals surface area contributed by atoms with Gasteiger partial charge in [0, 0.05) is 18.3 Å². The smallest absolute Gasteiger partial charge is 0.416 e. The zero-order valence-corrected chi connectivity index (χ0v) is 13.1. The molecule has 0 radical (unpaired) electrons. The second kappa shape index (κ2) is 7.32. The number of rotatable bonds is 4. The van der Waals surface area contributed by atoms with Crippen LogP contribution in [-0.4, -0.2) is 12.2 Å². The SMILES string of the molecule is COc1cccc(NC(=S)NCc2ccc(C(F)(F)F)cc2)c1. The van der Waals surface area contributed by atoms with E-state index in [1.807, 2.05) is 18.2 Å². The summed E-state index contributed by atoms with van der Waals surface area (Å²) in [4.78, 5) is 0. The third kappa shape index (κ3) is 5.14. The van der Waals surface area contributed by atoms with Gasteiger partial charge in [-0.15, -0.1) is 0 Å². The van der Waals surface area contributed by atoms with Crippen LogP contribution in [0.15, 0.2) is 48.5 Å². The number of anilines is 1. The highest BCUT2D eigenvalue weighted by atomic mass is 32.1. The molecule has 2 aromatic carbocycles. The fourth-order valence-corrected chi connectivity index (χ4v) is 2.06. The van der Waals surface area contributed by atoms with Crippen molar-refractivity contribution in [3.63, 3.8) is 0 Å². The molecule has 0 atom stereocenters. The van der Waals surface area contributed by atoms with Gasteiger partial charge in [0.15, 0.2) is 5.11 Å². The van der Waals surface area contributed by atoms with Gasteiger partial charge in [-0.05, 0) is 42.0 Å². The predicted octanol–water partition coefficient (Wildman–Crippen LogP) is 4.20. The zero-order valence-electron chi connectivity index (χ0n) is 12.3. The Labute approximate surface area is 137 Å². The van der Waals surface area contributed by atoms with E-state index >= 15 is 0 Å². The van der Waals surface area contributed by atoms with Gasteiger partial charge in [-0.3, -0.25) is 0 Å². The maximum atomic E-state index is 12.5. The van der Waals surface area contributed by atoms with Crippen LogP contribution in [0.25, 0.3) is 0 Å². The number of ether oxygens (including phenoxy) is 1. The van der Waals surface area contributed by atoms with Crippen LogP contribution in [0, 0.1) is 0 Å². The zero-order chi connectivity index (χ0) is 16.9. The Morgan fingerprint density at radius 2 is 1.83 bits per heavy atom. The Hall–Kier alpha value is -2.28. The van der Waals surface area contributed by atoms with E-state index in [0.29, 0.717) is 23.0 Å². The van der Waals surface area contributed by atoms with Gasteiger partial charge in [-0.2, -0.15) is 13.2 Å². The van der Waals surface area contributed by atoms with E-state index in [-0.39, 0.29) is 0 Å². The minimum Gasteiger partial charge on any atom is -0.497 e. The number of alkyl halides is 3. The molecule has 0 aliphatic carbocycles. The molecule has 0 saturated carbocycles. The molecule has 122 valence electrons. The summed E-state index contributed by atoms with van der Waals surface area (Å²) in [5.74, 6) is 0.695. The monoisotopic (exact) mass is 340 g/mol. The molecule has 0 saturated heterocycles. The van der Waals surface area contributed by atoms with Crippen LogP contribution in [0.4, 0.5) is 18.9 Å².